The molecule has 2 heterocycles. The Morgan fingerprint density at radius 3 is 2.75 bits per heavy atom. The molecule has 3 N–H and O–H groups in total. The number of rotatable bonds is 5. The molecule has 0 bridgehead atoms. The van der Waals surface area contributed by atoms with E-state index in [1.54, 1.807) is 0 Å². The second-order valence-electron chi connectivity index (χ2n) is 4.01. The van der Waals surface area contributed by atoms with Gasteiger partial charge in [-0.3, -0.25) is 4.79 Å². The van der Waals surface area contributed by atoms with Gasteiger partial charge in [0, 0.05) is 24.5 Å². The van der Waals surface area contributed by atoms with Gasteiger partial charge in [-0.15, -0.1) is 0 Å². The lowest BCUT2D eigenvalue weighted by Gasteiger charge is -2.13. The summed E-state index contributed by atoms with van der Waals surface area (Å²) in [6.45, 7) is 0. The highest BCUT2D eigenvalue weighted by Gasteiger charge is 2.21. The van der Waals surface area contributed by atoms with Gasteiger partial charge in [0.1, 0.15) is 6.04 Å². The largest absolute Gasteiger partial charge is 0.480 e. The molecule has 0 saturated carbocycles. The van der Waals surface area contributed by atoms with E-state index in [-0.39, 0.29) is 12.0 Å². The zero-order valence-corrected chi connectivity index (χ0v) is 10.2. The van der Waals surface area contributed by atoms with E-state index in [1.807, 2.05) is 0 Å². The smallest absolute Gasteiger partial charge is 0.326 e. The normalized spacial score (nSPS) is 11.8. The van der Waals surface area contributed by atoms with Crippen LogP contribution in [0.25, 0.3) is 0 Å². The Morgan fingerprint density at radius 1 is 1.40 bits per heavy atom. The Morgan fingerprint density at radius 2 is 2.20 bits per heavy atom. The molecule has 0 aliphatic carbocycles. The molecular weight excluding hydrogens is 267 g/mol. The van der Waals surface area contributed by atoms with Gasteiger partial charge in [0.05, 0.1) is 11.9 Å². The number of aliphatic carboxylic acids is 1. The van der Waals surface area contributed by atoms with Crippen LogP contribution in [0.5, 0.6) is 0 Å². The maximum Gasteiger partial charge on any atom is 0.326 e. The van der Waals surface area contributed by atoms with E-state index in [2.05, 4.69) is 20.3 Å². The minimum Gasteiger partial charge on any atom is -0.480 e. The monoisotopic (exact) mass is 278 g/mol. The van der Waals surface area contributed by atoms with Gasteiger partial charge in [0.15, 0.2) is 0 Å². The van der Waals surface area contributed by atoms with Gasteiger partial charge in [-0.05, 0) is 12.1 Å². The molecule has 0 aliphatic rings. The van der Waals surface area contributed by atoms with Crippen molar-refractivity contribution in [1.29, 1.82) is 0 Å². The molecule has 0 aliphatic heterocycles. The second kappa shape index (κ2) is 5.91. The van der Waals surface area contributed by atoms with E-state index in [1.165, 1.54) is 18.6 Å². The van der Waals surface area contributed by atoms with Crippen LogP contribution in [-0.4, -0.2) is 38.0 Å². The highest BCUT2D eigenvalue weighted by atomic mass is 19.1. The molecular formula is C12H11FN4O3. The summed E-state index contributed by atoms with van der Waals surface area (Å²) in [4.78, 5) is 32.8. The van der Waals surface area contributed by atoms with E-state index in [9.17, 15) is 14.0 Å². The Hall–Kier alpha value is -2.77. The lowest BCUT2D eigenvalue weighted by molar-refractivity contribution is -0.139. The van der Waals surface area contributed by atoms with Crippen molar-refractivity contribution in [2.24, 2.45) is 0 Å². The van der Waals surface area contributed by atoms with Gasteiger partial charge >= 0.3 is 5.97 Å². The first-order chi connectivity index (χ1) is 9.56. The van der Waals surface area contributed by atoms with E-state index in [4.69, 9.17) is 5.11 Å². The fourth-order valence-electron chi connectivity index (χ4n) is 1.57. The number of carboxylic acid groups (broad SMARTS) is 1. The van der Waals surface area contributed by atoms with Crippen molar-refractivity contribution in [2.75, 3.05) is 0 Å². The van der Waals surface area contributed by atoms with Crippen molar-refractivity contribution in [3.05, 3.63) is 48.1 Å². The molecule has 1 atom stereocenters. The van der Waals surface area contributed by atoms with Crippen LogP contribution >= 0.6 is 0 Å². The number of halogens is 1. The summed E-state index contributed by atoms with van der Waals surface area (Å²) in [5.41, 5.74) is 0.664. The van der Waals surface area contributed by atoms with Gasteiger partial charge in [-0.25, -0.2) is 14.8 Å². The Labute approximate surface area is 112 Å². The summed E-state index contributed by atoms with van der Waals surface area (Å²) < 4.78 is 12.6. The van der Waals surface area contributed by atoms with Crippen LogP contribution in [0.3, 0.4) is 0 Å². The van der Waals surface area contributed by atoms with Crippen molar-refractivity contribution in [2.45, 2.75) is 12.5 Å². The van der Waals surface area contributed by atoms with E-state index < -0.39 is 23.9 Å². The standard InChI is InChI=1S/C12H11FN4O3/c13-10-2-1-7(4-15-10)11(18)17-9(12(19)20)3-8-5-14-6-16-8/h1-2,4-6,9H,3H2,(H,14,16)(H,17,18)(H,19,20)/t9-/m1/s1. The van der Waals surface area contributed by atoms with Crippen molar-refractivity contribution in [3.63, 3.8) is 0 Å². The van der Waals surface area contributed by atoms with Crippen molar-refractivity contribution >= 4 is 11.9 Å². The number of imidazole rings is 1. The van der Waals surface area contributed by atoms with Crippen LogP contribution in [0.4, 0.5) is 4.39 Å². The van der Waals surface area contributed by atoms with Gasteiger partial charge in [0.2, 0.25) is 5.95 Å². The van der Waals surface area contributed by atoms with Crippen molar-refractivity contribution < 1.29 is 19.1 Å². The quantitative estimate of drug-likeness (QED) is 0.685. The number of aromatic amines is 1. The number of nitrogens with zero attached hydrogens (tertiary/aromatic N) is 2. The number of H-pyrrole nitrogens is 1. The first-order valence-electron chi connectivity index (χ1n) is 5.68. The fraction of sp³-hybridized carbons (Fsp3) is 0.167. The summed E-state index contributed by atoms with van der Waals surface area (Å²) in [5, 5.41) is 11.4. The van der Waals surface area contributed by atoms with Crippen LogP contribution in [0, 0.1) is 5.95 Å². The maximum absolute atomic E-state index is 12.6. The molecule has 2 rings (SSSR count). The Kier molecular flexibility index (Phi) is 4.04. The molecule has 104 valence electrons. The van der Waals surface area contributed by atoms with Crippen molar-refractivity contribution in [3.8, 4) is 0 Å². The summed E-state index contributed by atoms with van der Waals surface area (Å²) in [6.07, 6.45) is 4.00. The van der Waals surface area contributed by atoms with Crippen LogP contribution in [0.15, 0.2) is 30.9 Å². The van der Waals surface area contributed by atoms with Gasteiger partial charge in [-0.2, -0.15) is 4.39 Å². The number of carboxylic acids is 1. The van der Waals surface area contributed by atoms with Crippen LogP contribution in [-0.2, 0) is 11.2 Å². The average Bonchev–Trinajstić information content (AvgIpc) is 2.91. The van der Waals surface area contributed by atoms with Gasteiger partial charge in [0.25, 0.3) is 5.91 Å². The fourth-order valence-corrected chi connectivity index (χ4v) is 1.57. The molecule has 2 aromatic rings. The first kappa shape index (κ1) is 13.7. The number of hydrogen-bond donors (Lipinski definition) is 3. The Balaban J connectivity index is 2.06. The van der Waals surface area contributed by atoms with E-state index >= 15 is 0 Å². The topological polar surface area (TPSA) is 108 Å². The maximum atomic E-state index is 12.6. The number of carbonyl (C=O) groups excluding carboxylic acids is 1. The molecule has 7 nitrogen and oxygen atoms in total. The molecule has 0 saturated heterocycles. The predicted molar refractivity (Wildman–Crippen MR) is 65.4 cm³/mol. The molecule has 0 spiro atoms. The van der Waals surface area contributed by atoms with Gasteiger partial charge in [-0.1, -0.05) is 0 Å². The minimum absolute atomic E-state index is 0.0652. The number of carbonyl (C=O) groups is 2. The zero-order chi connectivity index (χ0) is 14.5. The number of nitrogens with one attached hydrogen (secondary N) is 2. The zero-order valence-electron chi connectivity index (χ0n) is 10.2. The van der Waals surface area contributed by atoms with Crippen molar-refractivity contribution in [1.82, 2.24) is 20.3 Å². The molecule has 0 radical (unpaired) electrons. The number of amides is 1. The SMILES string of the molecule is O=C(N[C@H](Cc1cnc[nH]1)C(=O)O)c1ccc(F)nc1. The molecule has 1 amide bonds. The summed E-state index contributed by atoms with van der Waals surface area (Å²) >= 11 is 0. The molecule has 2 aromatic heterocycles. The highest BCUT2D eigenvalue weighted by Crippen LogP contribution is 2.03. The Bertz CT molecular complexity index is 598. The molecule has 0 fully saturated rings. The number of pyridine rings is 1. The van der Waals surface area contributed by atoms with Crippen LogP contribution in [0.2, 0.25) is 0 Å². The number of aromatic nitrogens is 3. The summed E-state index contributed by atoms with van der Waals surface area (Å²) in [5.74, 6) is -2.53. The lowest BCUT2D eigenvalue weighted by Crippen LogP contribution is -2.42. The minimum atomic E-state index is -1.18. The third-order valence-corrected chi connectivity index (χ3v) is 2.57. The molecule has 0 aromatic carbocycles. The highest BCUT2D eigenvalue weighted by molar-refractivity contribution is 5.96. The predicted octanol–water partition coefficient (Wildman–Crippen LogP) is 0.369. The second-order valence-corrected chi connectivity index (χ2v) is 4.01. The third kappa shape index (κ3) is 3.37. The van der Waals surface area contributed by atoms with Crippen LogP contribution < -0.4 is 5.32 Å². The van der Waals surface area contributed by atoms with Gasteiger partial charge < -0.3 is 15.4 Å². The molecule has 8 heteroatoms. The first-order valence-corrected chi connectivity index (χ1v) is 5.68. The van der Waals surface area contributed by atoms with E-state index in [0.717, 1.165) is 12.3 Å². The summed E-state index contributed by atoms with van der Waals surface area (Å²) in [6, 6.07) is 1.14. The molecule has 20 heavy (non-hydrogen) atoms. The number of hydrogen-bond acceptors (Lipinski definition) is 4. The lowest BCUT2D eigenvalue weighted by atomic mass is 10.1. The summed E-state index contributed by atoms with van der Waals surface area (Å²) in [7, 11) is 0. The van der Waals surface area contributed by atoms with Crippen LogP contribution in [0.1, 0.15) is 16.1 Å². The molecule has 0 unspecified atom stereocenters. The van der Waals surface area contributed by atoms with E-state index in [0.29, 0.717) is 5.69 Å². The third-order valence-electron chi connectivity index (χ3n) is 2.57. The average molecular weight is 278 g/mol.